The molecule has 0 spiro atoms. The van der Waals surface area contributed by atoms with Crippen LogP contribution in [0.3, 0.4) is 0 Å². The van der Waals surface area contributed by atoms with Crippen LogP contribution in [0.2, 0.25) is 0 Å². The lowest BCUT2D eigenvalue weighted by Crippen LogP contribution is -2.37. The van der Waals surface area contributed by atoms with Crippen molar-refractivity contribution in [2.45, 2.75) is 25.8 Å². The van der Waals surface area contributed by atoms with Crippen molar-refractivity contribution in [1.82, 2.24) is 0 Å². The molecule has 0 aliphatic carbocycles. The predicted octanol–water partition coefficient (Wildman–Crippen LogP) is 2.50. The Kier molecular flexibility index (Phi) is 4.20. The summed E-state index contributed by atoms with van der Waals surface area (Å²) in [5, 5.41) is 12.6. The molecule has 1 heterocycles. The number of nitrogens with zero attached hydrogens (tertiary/aromatic N) is 2. The van der Waals surface area contributed by atoms with E-state index in [0.717, 1.165) is 36.3 Å². The van der Waals surface area contributed by atoms with E-state index in [1.807, 2.05) is 18.2 Å². The third kappa shape index (κ3) is 2.48. The molecule has 0 fully saturated rings. The van der Waals surface area contributed by atoms with Gasteiger partial charge in [-0.05, 0) is 25.8 Å². The van der Waals surface area contributed by atoms with Crippen molar-refractivity contribution in [2.75, 3.05) is 25.2 Å². The maximum Gasteiger partial charge on any atom is 0.0889 e. The first-order valence-electron chi connectivity index (χ1n) is 6.34. The molecule has 0 saturated carbocycles. The molecule has 18 heavy (non-hydrogen) atoms. The lowest BCUT2D eigenvalue weighted by atomic mass is 10.1. The maximum atomic E-state index is 9.14. The van der Waals surface area contributed by atoms with Crippen LogP contribution in [0.4, 0.5) is 5.69 Å². The molecule has 0 amide bonds. The van der Waals surface area contributed by atoms with Crippen molar-refractivity contribution in [1.29, 1.82) is 0 Å². The maximum absolute atomic E-state index is 9.14. The van der Waals surface area contributed by atoms with Crippen molar-refractivity contribution in [2.24, 2.45) is 5.16 Å². The Hall–Kier alpha value is -1.55. The van der Waals surface area contributed by atoms with Crippen LogP contribution in [0.1, 0.15) is 25.3 Å². The number of hydrogen-bond acceptors (Lipinski definition) is 4. The van der Waals surface area contributed by atoms with Crippen LogP contribution in [-0.4, -0.2) is 37.2 Å². The number of benzene rings is 1. The average molecular weight is 248 g/mol. The zero-order valence-electron chi connectivity index (χ0n) is 11.0. The van der Waals surface area contributed by atoms with Gasteiger partial charge >= 0.3 is 0 Å². The molecule has 98 valence electrons. The third-order valence-corrected chi connectivity index (χ3v) is 3.40. The highest BCUT2D eigenvalue weighted by Gasteiger charge is 2.22. The van der Waals surface area contributed by atoms with Gasteiger partial charge in [-0.25, -0.2) is 0 Å². The number of methoxy groups -OCH3 is 1. The first-order valence-corrected chi connectivity index (χ1v) is 6.34. The summed E-state index contributed by atoms with van der Waals surface area (Å²) in [5.74, 6) is 0. The number of hydrogen-bond donors (Lipinski definition) is 1. The van der Waals surface area contributed by atoms with Gasteiger partial charge in [0.25, 0.3) is 0 Å². The quantitative estimate of drug-likeness (QED) is 0.660. The summed E-state index contributed by atoms with van der Waals surface area (Å²) in [7, 11) is 1.72. The van der Waals surface area contributed by atoms with Crippen LogP contribution < -0.4 is 4.90 Å². The minimum Gasteiger partial charge on any atom is -0.411 e. The Morgan fingerprint density at radius 1 is 1.44 bits per heavy atom. The molecular formula is C14H20N2O2. The summed E-state index contributed by atoms with van der Waals surface area (Å²) >= 11 is 0. The zero-order chi connectivity index (χ0) is 13.0. The fourth-order valence-electron chi connectivity index (χ4n) is 2.53. The normalized spacial score (nSPS) is 19.4. The topological polar surface area (TPSA) is 45.1 Å². The van der Waals surface area contributed by atoms with Gasteiger partial charge in [0.2, 0.25) is 0 Å². The average Bonchev–Trinajstić information content (AvgIpc) is 2.58. The molecule has 1 unspecified atom stereocenters. The molecule has 0 bridgehead atoms. The van der Waals surface area contributed by atoms with Crippen molar-refractivity contribution in [3.8, 4) is 0 Å². The van der Waals surface area contributed by atoms with Gasteiger partial charge in [0, 0.05) is 30.9 Å². The number of fused-ring (bicyclic) bond motifs is 1. The van der Waals surface area contributed by atoms with Gasteiger partial charge in [-0.15, -0.1) is 0 Å². The second kappa shape index (κ2) is 5.87. The molecule has 2 rings (SSSR count). The van der Waals surface area contributed by atoms with Crippen LogP contribution >= 0.6 is 0 Å². The second-order valence-electron chi connectivity index (χ2n) is 4.67. The highest BCUT2D eigenvalue weighted by molar-refractivity contribution is 6.05. The van der Waals surface area contributed by atoms with E-state index in [-0.39, 0.29) is 0 Å². The smallest absolute Gasteiger partial charge is 0.0889 e. The number of rotatable bonds is 3. The van der Waals surface area contributed by atoms with Crippen LogP contribution in [0, 0.1) is 0 Å². The highest BCUT2D eigenvalue weighted by Crippen LogP contribution is 2.28. The van der Waals surface area contributed by atoms with E-state index in [9.17, 15) is 0 Å². The molecule has 4 heteroatoms. The Labute approximate surface area is 108 Å². The Bertz CT molecular complexity index is 432. The lowest BCUT2D eigenvalue weighted by molar-refractivity contribution is 0.181. The van der Waals surface area contributed by atoms with Gasteiger partial charge in [0.1, 0.15) is 0 Å². The largest absolute Gasteiger partial charge is 0.411 e. The van der Waals surface area contributed by atoms with Gasteiger partial charge in [0.15, 0.2) is 0 Å². The molecule has 0 saturated heterocycles. The van der Waals surface area contributed by atoms with E-state index < -0.39 is 0 Å². The van der Waals surface area contributed by atoms with Gasteiger partial charge in [-0.2, -0.15) is 0 Å². The Balaban J connectivity index is 2.39. The standard InChI is InChI=1S/C14H20N2O2/c1-11(10-18-2)16-9-5-7-13(15-17)12-6-3-4-8-14(12)16/h3-4,6,8,11,17H,5,7,9-10H2,1-2H3/b15-13-. The van der Waals surface area contributed by atoms with Gasteiger partial charge < -0.3 is 14.8 Å². The Morgan fingerprint density at radius 3 is 2.94 bits per heavy atom. The van der Waals surface area contributed by atoms with Crippen LogP contribution in [0.5, 0.6) is 0 Å². The summed E-state index contributed by atoms with van der Waals surface area (Å²) < 4.78 is 5.24. The molecule has 1 aliphatic heterocycles. The molecule has 4 nitrogen and oxygen atoms in total. The lowest BCUT2D eigenvalue weighted by Gasteiger charge is -2.30. The number of anilines is 1. The van der Waals surface area contributed by atoms with Crippen molar-refractivity contribution >= 4 is 11.4 Å². The molecule has 0 aromatic heterocycles. The molecule has 1 N–H and O–H groups in total. The van der Waals surface area contributed by atoms with Gasteiger partial charge in [-0.3, -0.25) is 0 Å². The van der Waals surface area contributed by atoms with Crippen LogP contribution in [0.15, 0.2) is 29.4 Å². The monoisotopic (exact) mass is 248 g/mol. The molecule has 0 radical (unpaired) electrons. The van der Waals surface area contributed by atoms with E-state index in [2.05, 4.69) is 23.0 Å². The highest BCUT2D eigenvalue weighted by atomic mass is 16.5. The van der Waals surface area contributed by atoms with E-state index in [0.29, 0.717) is 12.6 Å². The molecular weight excluding hydrogens is 228 g/mol. The van der Waals surface area contributed by atoms with Crippen molar-refractivity contribution < 1.29 is 9.94 Å². The molecule has 1 aromatic carbocycles. The Morgan fingerprint density at radius 2 is 2.22 bits per heavy atom. The van der Waals surface area contributed by atoms with Crippen LogP contribution in [0.25, 0.3) is 0 Å². The van der Waals surface area contributed by atoms with Crippen molar-refractivity contribution in [3.05, 3.63) is 29.8 Å². The van der Waals surface area contributed by atoms with Gasteiger partial charge in [-0.1, -0.05) is 23.4 Å². The number of para-hydroxylation sites is 1. The SMILES string of the molecule is COCC(C)N1CCC/C(=N/O)c2ccccc21. The molecule has 1 aliphatic rings. The van der Waals surface area contributed by atoms with Crippen LogP contribution in [-0.2, 0) is 4.74 Å². The minimum atomic E-state index is 0.314. The van der Waals surface area contributed by atoms with E-state index in [1.165, 1.54) is 0 Å². The molecule has 1 atom stereocenters. The fraction of sp³-hybridized carbons (Fsp3) is 0.500. The number of ether oxygens (including phenoxy) is 1. The second-order valence-corrected chi connectivity index (χ2v) is 4.67. The zero-order valence-corrected chi connectivity index (χ0v) is 11.0. The fourth-order valence-corrected chi connectivity index (χ4v) is 2.53. The van der Waals surface area contributed by atoms with Crippen molar-refractivity contribution in [3.63, 3.8) is 0 Å². The van der Waals surface area contributed by atoms with Gasteiger partial charge in [0.05, 0.1) is 12.3 Å². The summed E-state index contributed by atoms with van der Waals surface area (Å²) in [5.41, 5.74) is 2.94. The van der Waals surface area contributed by atoms with E-state index in [4.69, 9.17) is 9.94 Å². The summed E-state index contributed by atoms with van der Waals surface area (Å²) in [6.45, 7) is 3.81. The first kappa shape index (κ1) is 12.9. The van der Waals surface area contributed by atoms with E-state index in [1.54, 1.807) is 7.11 Å². The molecule has 1 aromatic rings. The van der Waals surface area contributed by atoms with E-state index >= 15 is 0 Å². The summed E-state index contributed by atoms with van der Waals surface area (Å²) in [4.78, 5) is 2.33. The third-order valence-electron chi connectivity index (χ3n) is 3.40. The number of oxime groups is 1. The predicted molar refractivity (Wildman–Crippen MR) is 72.7 cm³/mol. The summed E-state index contributed by atoms with van der Waals surface area (Å²) in [6.07, 6.45) is 1.80. The summed E-state index contributed by atoms with van der Waals surface area (Å²) in [6, 6.07) is 8.41. The minimum absolute atomic E-state index is 0.314. The first-order chi connectivity index (χ1) is 8.77.